The van der Waals surface area contributed by atoms with Gasteiger partial charge in [-0.1, -0.05) is 5.16 Å². The second-order valence-electron chi connectivity index (χ2n) is 4.19. The lowest BCUT2D eigenvalue weighted by atomic mass is 10.1. The van der Waals surface area contributed by atoms with Crippen molar-refractivity contribution in [1.82, 2.24) is 15.8 Å². The van der Waals surface area contributed by atoms with Crippen molar-refractivity contribution < 1.29 is 9.32 Å². The van der Waals surface area contributed by atoms with Crippen LogP contribution in [0.1, 0.15) is 35.4 Å². The summed E-state index contributed by atoms with van der Waals surface area (Å²) in [5.74, 6) is 0.180. The fourth-order valence-electron chi connectivity index (χ4n) is 1.92. The van der Waals surface area contributed by atoms with Gasteiger partial charge >= 0.3 is 0 Å². The highest BCUT2D eigenvalue weighted by molar-refractivity contribution is 5.92. The molecule has 0 spiro atoms. The lowest BCUT2D eigenvalue weighted by Gasteiger charge is -2.14. The highest BCUT2D eigenvalue weighted by atomic mass is 16.5. The van der Waals surface area contributed by atoms with E-state index in [0.29, 0.717) is 5.76 Å². The number of hydrogen-bond donors (Lipinski definition) is 2. The van der Waals surface area contributed by atoms with Gasteiger partial charge < -0.3 is 15.2 Å². The summed E-state index contributed by atoms with van der Waals surface area (Å²) in [6, 6.07) is 0.243. The van der Waals surface area contributed by atoms with E-state index in [1.165, 1.54) is 0 Å². The number of carbonyl (C=O) groups excluding carboxylic acids is 1. The first-order chi connectivity index (χ1) is 7.77. The van der Waals surface area contributed by atoms with E-state index < -0.39 is 0 Å². The van der Waals surface area contributed by atoms with Crippen molar-refractivity contribution >= 4 is 5.91 Å². The zero-order valence-corrected chi connectivity index (χ0v) is 9.45. The number of rotatable bonds is 2. The Morgan fingerprint density at radius 3 is 3.19 bits per heavy atom. The summed E-state index contributed by atoms with van der Waals surface area (Å²) < 4.78 is 4.92. The fourth-order valence-corrected chi connectivity index (χ4v) is 1.92. The molecule has 1 saturated heterocycles. The summed E-state index contributed by atoms with van der Waals surface area (Å²) in [5, 5.41) is 9.91. The smallest absolute Gasteiger partial charge is 0.290 e. The third kappa shape index (κ3) is 2.61. The Balaban J connectivity index is 1.93. The molecule has 1 amide bonds. The molecule has 1 fully saturated rings. The zero-order valence-electron chi connectivity index (χ0n) is 9.45. The number of nitrogens with zero attached hydrogens (tertiary/aromatic N) is 1. The molecular formula is C11H17N3O2. The maximum absolute atomic E-state index is 11.8. The molecule has 5 nitrogen and oxygen atoms in total. The van der Waals surface area contributed by atoms with E-state index in [1.807, 2.05) is 6.92 Å². The fraction of sp³-hybridized carbons (Fsp3) is 0.636. The van der Waals surface area contributed by atoms with Crippen LogP contribution in [-0.4, -0.2) is 30.2 Å². The van der Waals surface area contributed by atoms with Crippen LogP contribution in [-0.2, 0) is 0 Å². The van der Waals surface area contributed by atoms with Gasteiger partial charge in [-0.3, -0.25) is 4.79 Å². The first-order valence-electron chi connectivity index (χ1n) is 5.70. The third-order valence-electron chi connectivity index (χ3n) is 2.87. The van der Waals surface area contributed by atoms with E-state index in [9.17, 15) is 4.79 Å². The minimum absolute atomic E-state index is 0.151. The lowest BCUT2D eigenvalue weighted by molar-refractivity contribution is 0.0896. The Kier molecular flexibility index (Phi) is 3.56. The average molecular weight is 223 g/mol. The molecule has 2 rings (SSSR count). The van der Waals surface area contributed by atoms with Gasteiger partial charge in [0.2, 0.25) is 5.76 Å². The van der Waals surface area contributed by atoms with Gasteiger partial charge in [-0.15, -0.1) is 0 Å². The molecule has 88 valence electrons. The molecule has 0 aliphatic carbocycles. The zero-order chi connectivity index (χ0) is 11.4. The molecule has 1 aliphatic rings. The van der Waals surface area contributed by atoms with Crippen LogP contribution in [0.3, 0.4) is 0 Å². The summed E-state index contributed by atoms with van der Waals surface area (Å²) in [6.07, 6.45) is 4.65. The van der Waals surface area contributed by atoms with E-state index in [-0.39, 0.29) is 11.9 Å². The van der Waals surface area contributed by atoms with Crippen molar-refractivity contribution in [1.29, 1.82) is 0 Å². The minimum Gasteiger partial charge on any atom is -0.351 e. The number of aromatic nitrogens is 1. The summed E-state index contributed by atoms with van der Waals surface area (Å²) in [7, 11) is 0. The molecule has 2 N–H and O–H groups in total. The van der Waals surface area contributed by atoms with Crippen LogP contribution in [0, 0.1) is 6.92 Å². The van der Waals surface area contributed by atoms with Crippen molar-refractivity contribution in [3.63, 3.8) is 0 Å². The van der Waals surface area contributed by atoms with Crippen LogP contribution in [0.25, 0.3) is 0 Å². The van der Waals surface area contributed by atoms with E-state index in [1.54, 1.807) is 6.20 Å². The molecule has 1 aromatic rings. The average Bonchev–Trinajstić information content (AvgIpc) is 2.53. The Bertz CT molecular complexity index is 354. The maximum atomic E-state index is 11.8. The molecule has 0 aromatic carbocycles. The van der Waals surface area contributed by atoms with E-state index in [4.69, 9.17) is 4.52 Å². The molecule has 0 bridgehead atoms. The lowest BCUT2D eigenvalue weighted by Crippen LogP contribution is -2.35. The second-order valence-corrected chi connectivity index (χ2v) is 4.19. The van der Waals surface area contributed by atoms with Gasteiger partial charge in [0.1, 0.15) is 0 Å². The van der Waals surface area contributed by atoms with E-state index in [2.05, 4.69) is 15.8 Å². The van der Waals surface area contributed by atoms with Crippen molar-refractivity contribution in [2.45, 2.75) is 32.2 Å². The molecule has 16 heavy (non-hydrogen) atoms. The van der Waals surface area contributed by atoms with Gasteiger partial charge in [0.25, 0.3) is 5.91 Å². The molecular weight excluding hydrogens is 206 g/mol. The highest BCUT2D eigenvalue weighted by Gasteiger charge is 2.19. The van der Waals surface area contributed by atoms with Gasteiger partial charge in [0.05, 0.1) is 6.20 Å². The summed E-state index contributed by atoms with van der Waals surface area (Å²) in [6.45, 7) is 3.81. The quantitative estimate of drug-likeness (QED) is 0.780. The summed E-state index contributed by atoms with van der Waals surface area (Å²) >= 11 is 0. The standard InChI is InChI=1S/C11H17N3O2/c1-8-7-13-16-10(8)11(15)14-9-3-2-5-12-6-4-9/h7,9,12H,2-6H2,1H3,(H,14,15). The Morgan fingerprint density at radius 1 is 1.56 bits per heavy atom. The first kappa shape index (κ1) is 11.1. The third-order valence-corrected chi connectivity index (χ3v) is 2.87. The Hall–Kier alpha value is -1.36. The van der Waals surface area contributed by atoms with Crippen LogP contribution >= 0.6 is 0 Å². The summed E-state index contributed by atoms with van der Waals surface area (Å²) in [4.78, 5) is 11.8. The largest absolute Gasteiger partial charge is 0.351 e. The van der Waals surface area contributed by atoms with Crippen LogP contribution < -0.4 is 10.6 Å². The monoisotopic (exact) mass is 223 g/mol. The number of carbonyl (C=O) groups is 1. The second kappa shape index (κ2) is 5.12. The summed E-state index contributed by atoms with van der Waals surface area (Å²) in [5.41, 5.74) is 0.782. The predicted molar refractivity (Wildman–Crippen MR) is 59.2 cm³/mol. The van der Waals surface area contributed by atoms with Crippen molar-refractivity contribution in [3.8, 4) is 0 Å². The number of nitrogens with one attached hydrogen (secondary N) is 2. The molecule has 5 heteroatoms. The molecule has 1 unspecified atom stereocenters. The molecule has 1 aromatic heterocycles. The minimum atomic E-state index is -0.151. The number of amides is 1. The molecule has 0 saturated carbocycles. The van der Waals surface area contributed by atoms with Crippen LogP contribution in [0.4, 0.5) is 0 Å². The maximum Gasteiger partial charge on any atom is 0.290 e. The predicted octanol–water partition coefficient (Wildman–Crippen LogP) is 0.855. The van der Waals surface area contributed by atoms with Gasteiger partial charge in [-0.05, 0) is 39.3 Å². The number of hydrogen-bond acceptors (Lipinski definition) is 4. The molecule has 1 atom stereocenters. The topological polar surface area (TPSA) is 67.2 Å². The van der Waals surface area contributed by atoms with Crippen LogP contribution in [0.15, 0.2) is 10.7 Å². The van der Waals surface area contributed by atoms with Crippen molar-refractivity contribution in [2.75, 3.05) is 13.1 Å². The first-order valence-corrected chi connectivity index (χ1v) is 5.70. The van der Waals surface area contributed by atoms with Crippen molar-refractivity contribution in [2.24, 2.45) is 0 Å². The molecule has 1 aliphatic heterocycles. The van der Waals surface area contributed by atoms with E-state index >= 15 is 0 Å². The van der Waals surface area contributed by atoms with Crippen LogP contribution in [0.5, 0.6) is 0 Å². The number of aryl methyl sites for hydroxylation is 1. The SMILES string of the molecule is Cc1cnoc1C(=O)NC1CCCNCC1. The van der Waals surface area contributed by atoms with Gasteiger partial charge in [0, 0.05) is 11.6 Å². The molecule has 0 radical (unpaired) electrons. The van der Waals surface area contributed by atoms with Gasteiger partial charge in [0.15, 0.2) is 0 Å². The van der Waals surface area contributed by atoms with Gasteiger partial charge in [-0.25, -0.2) is 0 Å². The van der Waals surface area contributed by atoms with E-state index in [0.717, 1.165) is 37.9 Å². The Morgan fingerprint density at radius 2 is 2.44 bits per heavy atom. The normalized spacial score (nSPS) is 21.4. The Labute approximate surface area is 94.6 Å². The van der Waals surface area contributed by atoms with Crippen LogP contribution in [0.2, 0.25) is 0 Å². The molecule has 2 heterocycles. The van der Waals surface area contributed by atoms with Gasteiger partial charge in [-0.2, -0.15) is 0 Å². The highest BCUT2D eigenvalue weighted by Crippen LogP contribution is 2.09. The van der Waals surface area contributed by atoms with Crippen molar-refractivity contribution in [3.05, 3.63) is 17.5 Å².